The molecule has 1 amide bonds. The van der Waals surface area contributed by atoms with Crippen LogP contribution in [-0.2, 0) is 0 Å². The number of aromatic nitrogens is 1. The molecule has 0 unspecified atom stereocenters. The van der Waals surface area contributed by atoms with Crippen LogP contribution >= 0.6 is 0 Å². The summed E-state index contributed by atoms with van der Waals surface area (Å²) in [6.07, 6.45) is 3.07. The molecule has 4 nitrogen and oxygen atoms in total. The highest BCUT2D eigenvalue weighted by Crippen LogP contribution is 2.13. The zero-order valence-electron chi connectivity index (χ0n) is 8.66. The standard InChI is InChI=1S/C10H15N3O/c1-6(2)13-10(14)8-4-12-5-9(11)7(8)3/h4-6H,11H2,1-3H3,(H,13,14). The third kappa shape index (κ3) is 2.22. The van der Waals surface area contributed by atoms with Crippen LogP contribution in [0.25, 0.3) is 0 Å². The maximum Gasteiger partial charge on any atom is 0.253 e. The van der Waals surface area contributed by atoms with E-state index in [1.54, 1.807) is 6.20 Å². The fraction of sp³-hybridized carbons (Fsp3) is 0.400. The van der Waals surface area contributed by atoms with E-state index in [-0.39, 0.29) is 11.9 Å². The first kappa shape index (κ1) is 10.5. The molecular weight excluding hydrogens is 178 g/mol. The number of nitrogens with one attached hydrogen (secondary N) is 1. The number of nitrogens with two attached hydrogens (primary N) is 1. The van der Waals surface area contributed by atoms with E-state index in [1.165, 1.54) is 6.20 Å². The summed E-state index contributed by atoms with van der Waals surface area (Å²) in [5.74, 6) is -0.127. The van der Waals surface area contributed by atoms with Crippen molar-refractivity contribution in [3.63, 3.8) is 0 Å². The van der Waals surface area contributed by atoms with Gasteiger partial charge in [-0.2, -0.15) is 0 Å². The molecule has 0 aromatic carbocycles. The zero-order chi connectivity index (χ0) is 10.7. The fourth-order valence-corrected chi connectivity index (χ4v) is 1.11. The molecule has 1 aromatic rings. The van der Waals surface area contributed by atoms with Crippen LogP contribution in [0.3, 0.4) is 0 Å². The Hall–Kier alpha value is -1.58. The van der Waals surface area contributed by atoms with Crippen molar-refractivity contribution < 1.29 is 4.79 Å². The summed E-state index contributed by atoms with van der Waals surface area (Å²) in [6, 6.07) is 0.114. The van der Waals surface area contributed by atoms with Crippen LogP contribution in [-0.4, -0.2) is 16.9 Å². The third-order valence-electron chi connectivity index (χ3n) is 1.92. The molecule has 0 radical (unpaired) electrons. The van der Waals surface area contributed by atoms with Gasteiger partial charge < -0.3 is 11.1 Å². The summed E-state index contributed by atoms with van der Waals surface area (Å²) in [7, 11) is 0. The van der Waals surface area contributed by atoms with Gasteiger partial charge in [0.05, 0.1) is 17.4 Å². The third-order valence-corrected chi connectivity index (χ3v) is 1.92. The summed E-state index contributed by atoms with van der Waals surface area (Å²) in [6.45, 7) is 5.63. The topological polar surface area (TPSA) is 68.0 Å². The van der Waals surface area contributed by atoms with Crippen LogP contribution in [0.2, 0.25) is 0 Å². The Bertz CT molecular complexity index is 347. The van der Waals surface area contributed by atoms with Gasteiger partial charge in [0.25, 0.3) is 5.91 Å². The summed E-state index contributed by atoms with van der Waals surface area (Å²) >= 11 is 0. The van der Waals surface area contributed by atoms with Crippen LogP contribution in [0, 0.1) is 6.92 Å². The molecule has 0 saturated carbocycles. The second kappa shape index (κ2) is 4.09. The first-order valence-corrected chi connectivity index (χ1v) is 4.53. The van der Waals surface area contributed by atoms with Crippen molar-refractivity contribution in [2.45, 2.75) is 26.8 Å². The van der Waals surface area contributed by atoms with Crippen molar-refractivity contribution in [2.24, 2.45) is 0 Å². The molecule has 1 rings (SSSR count). The van der Waals surface area contributed by atoms with Crippen molar-refractivity contribution in [3.8, 4) is 0 Å². The SMILES string of the molecule is Cc1c(N)cncc1C(=O)NC(C)C. The van der Waals surface area contributed by atoms with Crippen molar-refractivity contribution in [1.29, 1.82) is 0 Å². The van der Waals surface area contributed by atoms with Crippen LogP contribution in [0.5, 0.6) is 0 Å². The first-order chi connectivity index (χ1) is 6.52. The summed E-state index contributed by atoms with van der Waals surface area (Å²) in [5, 5.41) is 2.79. The van der Waals surface area contributed by atoms with E-state index < -0.39 is 0 Å². The predicted molar refractivity (Wildman–Crippen MR) is 56.0 cm³/mol. The van der Waals surface area contributed by atoms with E-state index in [0.29, 0.717) is 11.3 Å². The normalized spacial score (nSPS) is 10.3. The average molecular weight is 193 g/mol. The van der Waals surface area contributed by atoms with Crippen molar-refractivity contribution in [1.82, 2.24) is 10.3 Å². The largest absolute Gasteiger partial charge is 0.397 e. The van der Waals surface area contributed by atoms with Gasteiger partial charge >= 0.3 is 0 Å². The Morgan fingerprint density at radius 3 is 2.71 bits per heavy atom. The number of hydrogen-bond acceptors (Lipinski definition) is 3. The molecule has 1 heterocycles. The summed E-state index contributed by atoms with van der Waals surface area (Å²) in [4.78, 5) is 15.5. The number of rotatable bonds is 2. The molecule has 4 heteroatoms. The lowest BCUT2D eigenvalue weighted by molar-refractivity contribution is 0.0942. The molecule has 76 valence electrons. The Kier molecular flexibility index (Phi) is 3.06. The van der Waals surface area contributed by atoms with Gasteiger partial charge in [-0.3, -0.25) is 9.78 Å². The maximum atomic E-state index is 11.6. The number of carbonyl (C=O) groups is 1. The minimum absolute atomic E-state index is 0.114. The van der Waals surface area contributed by atoms with Crippen LogP contribution < -0.4 is 11.1 Å². The number of carbonyl (C=O) groups excluding carboxylic acids is 1. The smallest absolute Gasteiger partial charge is 0.253 e. The highest BCUT2D eigenvalue weighted by molar-refractivity contribution is 5.96. The van der Waals surface area contributed by atoms with Gasteiger partial charge in [0, 0.05) is 12.2 Å². The van der Waals surface area contributed by atoms with Gasteiger partial charge in [-0.1, -0.05) is 0 Å². The number of nitrogens with zero attached hydrogens (tertiary/aromatic N) is 1. The van der Waals surface area contributed by atoms with Crippen molar-refractivity contribution in [2.75, 3.05) is 5.73 Å². The summed E-state index contributed by atoms with van der Waals surface area (Å²) in [5.41, 5.74) is 7.51. The Balaban J connectivity index is 2.96. The molecule has 0 saturated heterocycles. The van der Waals surface area contributed by atoms with E-state index in [2.05, 4.69) is 10.3 Å². The van der Waals surface area contributed by atoms with Gasteiger partial charge in [0.1, 0.15) is 0 Å². The molecule has 1 aromatic heterocycles. The lowest BCUT2D eigenvalue weighted by Crippen LogP contribution is -2.30. The molecule has 0 aliphatic heterocycles. The number of amides is 1. The minimum Gasteiger partial charge on any atom is -0.397 e. The van der Waals surface area contributed by atoms with Gasteiger partial charge in [0.15, 0.2) is 0 Å². The van der Waals surface area contributed by atoms with Crippen LogP contribution in [0.15, 0.2) is 12.4 Å². The molecule has 0 atom stereocenters. The van der Waals surface area contributed by atoms with Crippen LogP contribution in [0.4, 0.5) is 5.69 Å². The van der Waals surface area contributed by atoms with E-state index in [4.69, 9.17) is 5.73 Å². The molecule has 0 aliphatic rings. The van der Waals surface area contributed by atoms with Crippen molar-refractivity contribution >= 4 is 11.6 Å². The lowest BCUT2D eigenvalue weighted by atomic mass is 10.1. The van der Waals surface area contributed by atoms with E-state index in [1.807, 2.05) is 20.8 Å². The number of nitrogen functional groups attached to an aromatic ring is 1. The molecular formula is C10H15N3O. The van der Waals surface area contributed by atoms with Crippen LogP contribution in [0.1, 0.15) is 29.8 Å². The quantitative estimate of drug-likeness (QED) is 0.739. The molecule has 0 bridgehead atoms. The lowest BCUT2D eigenvalue weighted by Gasteiger charge is -2.10. The summed E-state index contributed by atoms with van der Waals surface area (Å²) < 4.78 is 0. The predicted octanol–water partition coefficient (Wildman–Crippen LogP) is 1.11. The molecule has 3 N–H and O–H groups in total. The fourth-order valence-electron chi connectivity index (χ4n) is 1.11. The molecule has 14 heavy (non-hydrogen) atoms. The number of hydrogen-bond donors (Lipinski definition) is 2. The Morgan fingerprint density at radius 2 is 2.14 bits per heavy atom. The van der Waals surface area contributed by atoms with E-state index in [0.717, 1.165) is 5.56 Å². The van der Waals surface area contributed by atoms with E-state index in [9.17, 15) is 4.79 Å². The monoisotopic (exact) mass is 193 g/mol. The number of pyridine rings is 1. The second-order valence-electron chi connectivity index (χ2n) is 3.53. The average Bonchev–Trinajstić information content (AvgIpc) is 2.08. The van der Waals surface area contributed by atoms with Gasteiger partial charge in [-0.05, 0) is 26.3 Å². The first-order valence-electron chi connectivity index (χ1n) is 4.53. The highest BCUT2D eigenvalue weighted by Gasteiger charge is 2.11. The Morgan fingerprint density at radius 1 is 1.50 bits per heavy atom. The molecule has 0 aliphatic carbocycles. The number of anilines is 1. The van der Waals surface area contributed by atoms with E-state index >= 15 is 0 Å². The highest BCUT2D eigenvalue weighted by atomic mass is 16.1. The van der Waals surface area contributed by atoms with Crippen molar-refractivity contribution in [3.05, 3.63) is 23.5 Å². The Labute approximate surface area is 83.5 Å². The van der Waals surface area contributed by atoms with Gasteiger partial charge in [0.2, 0.25) is 0 Å². The van der Waals surface area contributed by atoms with Gasteiger partial charge in [-0.15, -0.1) is 0 Å². The zero-order valence-corrected chi connectivity index (χ0v) is 8.66. The maximum absolute atomic E-state index is 11.6. The second-order valence-corrected chi connectivity index (χ2v) is 3.53. The van der Waals surface area contributed by atoms with Gasteiger partial charge in [-0.25, -0.2) is 0 Å². The minimum atomic E-state index is -0.127. The molecule has 0 spiro atoms. The molecule has 0 fully saturated rings.